The van der Waals surface area contributed by atoms with E-state index in [0.29, 0.717) is 12.0 Å². The van der Waals surface area contributed by atoms with Crippen molar-refractivity contribution in [1.82, 2.24) is 15.6 Å². The van der Waals surface area contributed by atoms with E-state index in [1.165, 1.54) is 37.7 Å². The van der Waals surface area contributed by atoms with Gasteiger partial charge in [-0.25, -0.2) is 0 Å². The van der Waals surface area contributed by atoms with Crippen LogP contribution in [0.4, 0.5) is 0 Å². The molecule has 1 heterocycles. The van der Waals surface area contributed by atoms with Crippen LogP contribution in [-0.4, -0.2) is 24.5 Å². The van der Waals surface area contributed by atoms with Crippen LogP contribution in [0.1, 0.15) is 50.3 Å². The number of rotatable bonds is 5. The van der Waals surface area contributed by atoms with Crippen LogP contribution in [0.5, 0.6) is 0 Å². The van der Waals surface area contributed by atoms with Crippen molar-refractivity contribution in [2.75, 3.05) is 13.6 Å². The second-order valence-electron chi connectivity index (χ2n) is 6.11. The first-order chi connectivity index (χ1) is 10.2. The van der Waals surface area contributed by atoms with Crippen LogP contribution in [0.2, 0.25) is 0 Å². The van der Waals surface area contributed by atoms with Crippen LogP contribution < -0.4 is 10.6 Å². The van der Waals surface area contributed by atoms with Crippen molar-refractivity contribution in [1.29, 1.82) is 0 Å². The van der Waals surface area contributed by atoms with E-state index in [-0.39, 0.29) is 0 Å². The maximum Gasteiger partial charge on any atom is 0.191 e. The molecule has 1 saturated carbocycles. The maximum atomic E-state index is 4.41. The van der Waals surface area contributed by atoms with Gasteiger partial charge in [-0.3, -0.25) is 9.98 Å². The van der Waals surface area contributed by atoms with Crippen LogP contribution >= 0.6 is 0 Å². The summed E-state index contributed by atoms with van der Waals surface area (Å²) in [5, 5.41) is 6.87. The molecule has 0 saturated heterocycles. The lowest BCUT2D eigenvalue weighted by molar-refractivity contribution is 0.283. The minimum Gasteiger partial charge on any atom is -0.356 e. The monoisotopic (exact) mass is 288 g/mol. The Morgan fingerprint density at radius 2 is 2.10 bits per heavy atom. The molecule has 1 fully saturated rings. The molecule has 0 unspecified atom stereocenters. The zero-order chi connectivity index (χ0) is 15.1. The number of aryl methyl sites for hydroxylation is 1. The molecular weight excluding hydrogens is 260 g/mol. The summed E-state index contributed by atoms with van der Waals surface area (Å²) < 4.78 is 0. The van der Waals surface area contributed by atoms with Crippen molar-refractivity contribution in [3.05, 3.63) is 29.6 Å². The number of aromatic nitrogens is 1. The van der Waals surface area contributed by atoms with Gasteiger partial charge in [0.1, 0.15) is 0 Å². The molecule has 0 atom stereocenters. The fourth-order valence-corrected chi connectivity index (χ4v) is 3.14. The van der Waals surface area contributed by atoms with Crippen LogP contribution in [-0.2, 0) is 6.54 Å². The molecule has 0 bridgehead atoms. The van der Waals surface area contributed by atoms with Gasteiger partial charge in [-0.05, 0) is 43.2 Å². The van der Waals surface area contributed by atoms with E-state index in [1.54, 1.807) is 0 Å². The van der Waals surface area contributed by atoms with E-state index in [4.69, 9.17) is 0 Å². The number of guanidine groups is 1. The van der Waals surface area contributed by atoms with Crippen LogP contribution in [0.15, 0.2) is 23.3 Å². The summed E-state index contributed by atoms with van der Waals surface area (Å²) in [5.74, 6) is 0.875. The highest BCUT2D eigenvalue weighted by Gasteiger charge is 2.31. The van der Waals surface area contributed by atoms with Gasteiger partial charge in [-0.15, -0.1) is 0 Å². The molecule has 2 N–H and O–H groups in total. The standard InChI is InChI=1S/C17H28N4/c1-4-17(9-5-6-10-17)13-21-16(18-3)20-12-15-14(2)8-7-11-19-15/h7-8,11H,4-6,9-10,12-13H2,1-3H3,(H2,18,20,21). The van der Waals surface area contributed by atoms with Gasteiger partial charge < -0.3 is 10.6 Å². The van der Waals surface area contributed by atoms with E-state index in [0.717, 1.165) is 18.2 Å². The third kappa shape index (κ3) is 4.19. The largest absolute Gasteiger partial charge is 0.356 e. The predicted molar refractivity (Wildman–Crippen MR) is 88.4 cm³/mol. The summed E-state index contributed by atoms with van der Waals surface area (Å²) in [6.45, 7) is 6.13. The highest BCUT2D eigenvalue weighted by molar-refractivity contribution is 5.79. The molecule has 4 heteroatoms. The predicted octanol–water partition coefficient (Wildman–Crippen LogP) is 3.03. The molecule has 1 aromatic rings. The van der Waals surface area contributed by atoms with Crippen molar-refractivity contribution >= 4 is 5.96 Å². The zero-order valence-corrected chi connectivity index (χ0v) is 13.6. The fourth-order valence-electron chi connectivity index (χ4n) is 3.14. The minimum absolute atomic E-state index is 0.471. The van der Waals surface area contributed by atoms with Gasteiger partial charge in [-0.1, -0.05) is 25.8 Å². The Kier molecular flexibility index (Phi) is 5.59. The molecule has 0 amide bonds. The van der Waals surface area contributed by atoms with Gasteiger partial charge in [0.25, 0.3) is 0 Å². The highest BCUT2D eigenvalue weighted by atomic mass is 15.2. The minimum atomic E-state index is 0.471. The summed E-state index contributed by atoms with van der Waals surface area (Å²) in [5.41, 5.74) is 2.76. The second-order valence-corrected chi connectivity index (χ2v) is 6.11. The number of nitrogens with zero attached hydrogens (tertiary/aromatic N) is 2. The van der Waals surface area contributed by atoms with Crippen molar-refractivity contribution in [2.45, 2.75) is 52.5 Å². The maximum absolute atomic E-state index is 4.41. The third-order valence-corrected chi connectivity index (χ3v) is 4.81. The number of aliphatic imine (C=N–C) groups is 1. The van der Waals surface area contributed by atoms with E-state index < -0.39 is 0 Å². The Morgan fingerprint density at radius 3 is 2.71 bits per heavy atom. The van der Waals surface area contributed by atoms with Gasteiger partial charge in [0.05, 0.1) is 12.2 Å². The van der Waals surface area contributed by atoms with Gasteiger partial charge in [0.15, 0.2) is 5.96 Å². The molecule has 0 radical (unpaired) electrons. The van der Waals surface area contributed by atoms with Gasteiger partial charge in [0.2, 0.25) is 0 Å². The van der Waals surface area contributed by atoms with Crippen LogP contribution in [0.25, 0.3) is 0 Å². The Balaban J connectivity index is 1.85. The van der Waals surface area contributed by atoms with Gasteiger partial charge >= 0.3 is 0 Å². The first-order valence-electron chi connectivity index (χ1n) is 8.04. The summed E-state index contributed by atoms with van der Waals surface area (Å²) in [6, 6.07) is 4.06. The van der Waals surface area contributed by atoms with E-state index in [9.17, 15) is 0 Å². The molecule has 1 aliphatic rings. The average molecular weight is 288 g/mol. The fraction of sp³-hybridized carbons (Fsp3) is 0.647. The second kappa shape index (κ2) is 7.43. The van der Waals surface area contributed by atoms with Crippen molar-refractivity contribution < 1.29 is 0 Å². The third-order valence-electron chi connectivity index (χ3n) is 4.81. The Morgan fingerprint density at radius 1 is 1.33 bits per heavy atom. The van der Waals surface area contributed by atoms with Crippen LogP contribution in [0, 0.1) is 12.3 Å². The normalized spacial score (nSPS) is 17.8. The molecule has 21 heavy (non-hydrogen) atoms. The SMILES string of the molecule is CCC1(CNC(=NC)NCc2ncccc2C)CCCC1. The zero-order valence-electron chi connectivity index (χ0n) is 13.6. The topological polar surface area (TPSA) is 49.3 Å². The number of hydrogen-bond acceptors (Lipinski definition) is 2. The van der Waals surface area contributed by atoms with Crippen molar-refractivity contribution in [3.63, 3.8) is 0 Å². The first-order valence-corrected chi connectivity index (χ1v) is 8.04. The highest BCUT2D eigenvalue weighted by Crippen LogP contribution is 2.40. The van der Waals surface area contributed by atoms with Crippen molar-refractivity contribution in [3.8, 4) is 0 Å². The summed E-state index contributed by atoms with van der Waals surface area (Å²) in [6.07, 6.45) is 8.50. The average Bonchev–Trinajstić information content (AvgIpc) is 2.98. The smallest absolute Gasteiger partial charge is 0.191 e. The molecule has 0 aliphatic heterocycles. The summed E-state index contributed by atoms with van der Waals surface area (Å²) >= 11 is 0. The molecule has 4 nitrogen and oxygen atoms in total. The molecule has 116 valence electrons. The summed E-state index contributed by atoms with van der Waals surface area (Å²) in [7, 11) is 1.83. The van der Waals surface area contributed by atoms with Gasteiger partial charge in [-0.2, -0.15) is 0 Å². The quantitative estimate of drug-likeness (QED) is 0.647. The Labute approximate surface area is 128 Å². The lowest BCUT2D eigenvalue weighted by atomic mass is 9.83. The van der Waals surface area contributed by atoms with Gasteiger partial charge in [0, 0.05) is 19.8 Å². The molecule has 2 rings (SSSR count). The number of hydrogen-bond donors (Lipinski definition) is 2. The molecular formula is C17H28N4. The molecule has 1 aromatic heterocycles. The summed E-state index contributed by atoms with van der Waals surface area (Å²) in [4.78, 5) is 8.73. The molecule has 0 aromatic carbocycles. The number of pyridine rings is 1. The first kappa shape index (κ1) is 15.8. The number of nitrogens with one attached hydrogen (secondary N) is 2. The Bertz CT molecular complexity index is 475. The molecule has 1 aliphatic carbocycles. The van der Waals surface area contributed by atoms with E-state index in [1.807, 2.05) is 19.3 Å². The van der Waals surface area contributed by atoms with E-state index in [2.05, 4.69) is 40.5 Å². The van der Waals surface area contributed by atoms with Crippen LogP contribution in [0.3, 0.4) is 0 Å². The Hall–Kier alpha value is -1.58. The lowest BCUT2D eigenvalue weighted by Crippen LogP contribution is -2.42. The van der Waals surface area contributed by atoms with Crippen molar-refractivity contribution in [2.24, 2.45) is 10.4 Å². The lowest BCUT2D eigenvalue weighted by Gasteiger charge is -2.28. The van der Waals surface area contributed by atoms with E-state index >= 15 is 0 Å². The molecule has 0 spiro atoms.